The van der Waals surface area contributed by atoms with Crippen molar-refractivity contribution >= 4 is 18.5 Å². The molecule has 0 radical (unpaired) electrons. The molecule has 1 fully saturated rings. The Hall–Kier alpha value is -1.40. The van der Waals surface area contributed by atoms with Crippen LogP contribution < -0.4 is 5.46 Å². The van der Waals surface area contributed by atoms with Crippen LogP contribution in [0.5, 0.6) is 0 Å². The molecule has 2 N–H and O–H groups in total. The summed E-state index contributed by atoms with van der Waals surface area (Å²) in [5, 5.41) is 18.2. The van der Waals surface area contributed by atoms with Gasteiger partial charge in [-0.25, -0.2) is 4.39 Å². The highest BCUT2D eigenvalue weighted by molar-refractivity contribution is 6.58. The Morgan fingerprint density at radius 1 is 1.47 bits per heavy atom. The van der Waals surface area contributed by atoms with Gasteiger partial charge >= 0.3 is 7.12 Å². The molecule has 1 saturated heterocycles. The van der Waals surface area contributed by atoms with E-state index in [2.05, 4.69) is 6.92 Å². The van der Waals surface area contributed by atoms with Crippen molar-refractivity contribution in [1.82, 2.24) is 4.90 Å². The van der Waals surface area contributed by atoms with Crippen LogP contribution in [0.2, 0.25) is 0 Å². The second kappa shape index (κ2) is 5.71. The first kappa shape index (κ1) is 14.0. The van der Waals surface area contributed by atoms with Gasteiger partial charge in [0.05, 0.1) is 5.56 Å². The Kier molecular flexibility index (Phi) is 4.22. The van der Waals surface area contributed by atoms with Gasteiger partial charge in [0.25, 0.3) is 5.91 Å². The normalized spacial score (nSPS) is 19.4. The number of carbonyl (C=O) groups excluding carboxylic acids is 1. The van der Waals surface area contributed by atoms with Crippen molar-refractivity contribution in [3.8, 4) is 0 Å². The molecule has 0 aliphatic carbocycles. The summed E-state index contributed by atoms with van der Waals surface area (Å²) in [7, 11) is -1.70. The molecule has 1 heterocycles. The number of likely N-dealkylation sites (tertiary alicyclic amines) is 1. The second-order valence-corrected chi connectivity index (χ2v) is 5.11. The molecule has 1 aliphatic heterocycles. The van der Waals surface area contributed by atoms with Gasteiger partial charge in [0.2, 0.25) is 0 Å². The fraction of sp³-hybridized carbons (Fsp3) is 0.462. The first-order valence-electron chi connectivity index (χ1n) is 6.44. The van der Waals surface area contributed by atoms with Crippen LogP contribution in [0.15, 0.2) is 18.2 Å². The molecule has 2 rings (SSSR count). The number of rotatable bonds is 2. The lowest BCUT2D eigenvalue weighted by Crippen LogP contribution is -2.40. The molecule has 19 heavy (non-hydrogen) atoms. The van der Waals surface area contributed by atoms with Crippen molar-refractivity contribution in [2.24, 2.45) is 5.92 Å². The summed E-state index contributed by atoms with van der Waals surface area (Å²) in [4.78, 5) is 13.9. The molecule has 6 heteroatoms. The van der Waals surface area contributed by atoms with Crippen LogP contribution in [0.1, 0.15) is 30.1 Å². The Morgan fingerprint density at radius 3 is 2.84 bits per heavy atom. The minimum absolute atomic E-state index is 0.0975. The maximum atomic E-state index is 13.7. The standard InChI is InChI=1S/C13H17BFNO3/c1-9-3-2-6-16(8-9)13(17)11-7-10(14(18)19)4-5-12(11)15/h4-5,7,9,18-19H,2-3,6,8H2,1H3/t9-/m1/s1. The smallest absolute Gasteiger partial charge is 0.423 e. The number of nitrogens with zero attached hydrogens (tertiary/aromatic N) is 1. The van der Waals surface area contributed by atoms with Crippen molar-refractivity contribution in [3.63, 3.8) is 0 Å². The number of hydrogen-bond donors (Lipinski definition) is 2. The number of hydrogen-bond acceptors (Lipinski definition) is 3. The summed E-state index contributed by atoms with van der Waals surface area (Å²) in [5.41, 5.74) is 0.0227. The number of piperidine rings is 1. The Labute approximate surface area is 112 Å². The van der Waals surface area contributed by atoms with Gasteiger partial charge < -0.3 is 14.9 Å². The lowest BCUT2D eigenvalue weighted by atomic mass is 9.79. The molecule has 1 amide bonds. The summed E-state index contributed by atoms with van der Waals surface area (Å²) >= 11 is 0. The van der Waals surface area contributed by atoms with Crippen LogP contribution in [0.3, 0.4) is 0 Å². The molecule has 1 aliphatic rings. The topological polar surface area (TPSA) is 60.8 Å². The fourth-order valence-corrected chi connectivity index (χ4v) is 2.41. The lowest BCUT2D eigenvalue weighted by Gasteiger charge is -2.31. The average Bonchev–Trinajstić information content (AvgIpc) is 2.38. The first-order valence-corrected chi connectivity index (χ1v) is 6.44. The number of carbonyl (C=O) groups is 1. The maximum Gasteiger partial charge on any atom is 0.488 e. The SMILES string of the molecule is C[C@@H]1CCCN(C(=O)c2cc(B(O)O)ccc2F)C1. The zero-order valence-electron chi connectivity index (χ0n) is 10.8. The average molecular weight is 265 g/mol. The third-order valence-electron chi connectivity index (χ3n) is 3.46. The fourth-order valence-electron chi connectivity index (χ4n) is 2.41. The second-order valence-electron chi connectivity index (χ2n) is 5.11. The Morgan fingerprint density at radius 2 is 2.21 bits per heavy atom. The molecular formula is C13H17BFNO3. The van der Waals surface area contributed by atoms with Crippen LogP contribution in [0, 0.1) is 11.7 Å². The van der Waals surface area contributed by atoms with E-state index in [0.29, 0.717) is 19.0 Å². The predicted molar refractivity (Wildman–Crippen MR) is 70.5 cm³/mol. The molecule has 0 saturated carbocycles. The summed E-state index contributed by atoms with van der Waals surface area (Å²) < 4.78 is 13.7. The first-order chi connectivity index (χ1) is 8.99. The lowest BCUT2D eigenvalue weighted by molar-refractivity contribution is 0.0678. The van der Waals surface area contributed by atoms with Gasteiger partial charge in [0.15, 0.2) is 0 Å². The van der Waals surface area contributed by atoms with Crippen molar-refractivity contribution in [1.29, 1.82) is 0 Å². The van der Waals surface area contributed by atoms with Gasteiger partial charge in [-0.3, -0.25) is 4.79 Å². The van der Waals surface area contributed by atoms with Crippen LogP contribution in [0.25, 0.3) is 0 Å². The molecule has 102 valence electrons. The van der Waals surface area contributed by atoms with E-state index in [9.17, 15) is 9.18 Å². The van der Waals surface area contributed by atoms with E-state index in [1.54, 1.807) is 4.90 Å². The highest BCUT2D eigenvalue weighted by Gasteiger charge is 2.25. The third kappa shape index (κ3) is 3.14. The van der Waals surface area contributed by atoms with E-state index in [-0.39, 0.29) is 16.9 Å². The van der Waals surface area contributed by atoms with Gasteiger partial charge in [0, 0.05) is 13.1 Å². The van der Waals surface area contributed by atoms with Crippen LogP contribution >= 0.6 is 0 Å². The number of halogens is 1. The molecule has 0 unspecified atom stereocenters. The molecule has 4 nitrogen and oxygen atoms in total. The van der Waals surface area contributed by atoms with E-state index in [4.69, 9.17) is 10.0 Å². The molecular weight excluding hydrogens is 248 g/mol. The molecule has 1 atom stereocenters. The minimum atomic E-state index is -1.70. The summed E-state index contributed by atoms with van der Waals surface area (Å²) in [5.74, 6) is -0.605. The highest BCUT2D eigenvalue weighted by atomic mass is 19.1. The van der Waals surface area contributed by atoms with E-state index in [1.165, 1.54) is 12.1 Å². The van der Waals surface area contributed by atoms with E-state index >= 15 is 0 Å². The van der Waals surface area contributed by atoms with Crippen molar-refractivity contribution in [2.75, 3.05) is 13.1 Å². The van der Waals surface area contributed by atoms with E-state index in [0.717, 1.165) is 18.9 Å². The van der Waals surface area contributed by atoms with Crippen molar-refractivity contribution in [3.05, 3.63) is 29.6 Å². The minimum Gasteiger partial charge on any atom is -0.423 e. The van der Waals surface area contributed by atoms with Gasteiger partial charge in [0.1, 0.15) is 5.82 Å². The largest absolute Gasteiger partial charge is 0.488 e. The van der Waals surface area contributed by atoms with Crippen LogP contribution in [-0.2, 0) is 0 Å². The maximum absolute atomic E-state index is 13.7. The van der Waals surface area contributed by atoms with Gasteiger partial charge in [-0.2, -0.15) is 0 Å². The van der Waals surface area contributed by atoms with Crippen LogP contribution in [-0.4, -0.2) is 41.1 Å². The number of amides is 1. The quantitative estimate of drug-likeness (QED) is 0.760. The van der Waals surface area contributed by atoms with E-state index < -0.39 is 12.9 Å². The van der Waals surface area contributed by atoms with Crippen molar-refractivity contribution < 1.29 is 19.2 Å². The predicted octanol–water partition coefficient (Wildman–Crippen LogP) is 0.378. The summed E-state index contributed by atoms with van der Waals surface area (Å²) in [6.07, 6.45) is 1.98. The van der Waals surface area contributed by atoms with Gasteiger partial charge in [-0.05, 0) is 36.4 Å². The van der Waals surface area contributed by atoms with Crippen LogP contribution in [0.4, 0.5) is 4.39 Å². The van der Waals surface area contributed by atoms with Crippen molar-refractivity contribution in [2.45, 2.75) is 19.8 Å². The molecule has 0 bridgehead atoms. The third-order valence-corrected chi connectivity index (χ3v) is 3.46. The zero-order chi connectivity index (χ0) is 14.0. The molecule has 0 spiro atoms. The monoisotopic (exact) mass is 265 g/mol. The molecule has 1 aromatic rings. The number of benzene rings is 1. The highest BCUT2D eigenvalue weighted by Crippen LogP contribution is 2.18. The van der Waals surface area contributed by atoms with E-state index in [1.807, 2.05) is 0 Å². The van der Waals surface area contributed by atoms with Gasteiger partial charge in [-0.15, -0.1) is 0 Å². The Balaban J connectivity index is 2.24. The Bertz CT molecular complexity index is 481. The zero-order valence-corrected chi connectivity index (χ0v) is 10.8. The molecule has 1 aromatic carbocycles. The summed E-state index contributed by atoms with van der Waals surface area (Å²) in [6, 6.07) is 3.56. The van der Waals surface area contributed by atoms with Gasteiger partial charge in [-0.1, -0.05) is 13.0 Å². The summed E-state index contributed by atoms with van der Waals surface area (Å²) in [6.45, 7) is 3.29. The molecule has 0 aromatic heterocycles.